The van der Waals surface area contributed by atoms with Crippen molar-refractivity contribution in [3.63, 3.8) is 0 Å². The summed E-state index contributed by atoms with van der Waals surface area (Å²) in [6, 6.07) is 26.8. The molecule has 0 atom stereocenters. The van der Waals surface area contributed by atoms with Crippen molar-refractivity contribution in [3.05, 3.63) is 95.6 Å². The van der Waals surface area contributed by atoms with Crippen molar-refractivity contribution < 1.29 is 9.47 Å². The topological polar surface area (TPSA) is 49.3 Å². The van der Waals surface area contributed by atoms with Crippen molar-refractivity contribution in [3.8, 4) is 5.75 Å². The summed E-state index contributed by atoms with van der Waals surface area (Å²) >= 11 is 0. The van der Waals surface area contributed by atoms with Crippen molar-refractivity contribution in [1.82, 2.24) is 15.3 Å². The van der Waals surface area contributed by atoms with Crippen molar-refractivity contribution in [2.75, 3.05) is 39.4 Å². The number of hydrogen-bond donors (Lipinski definition) is 1. The summed E-state index contributed by atoms with van der Waals surface area (Å²) in [5, 5.41) is 2.17. The number of aliphatic imine (C=N–C) groups is 1. The fourth-order valence-corrected chi connectivity index (χ4v) is 4.15. The van der Waals surface area contributed by atoms with E-state index in [1.807, 2.05) is 30.3 Å². The van der Waals surface area contributed by atoms with Crippen LogP contribution in [0.5, 0.6) is 5.75 Å². The zero-order valence-corrected chi connectivity index (χ0v) is 18.8. The van der Waals surface area contributed by atoms with Crippen molar-refractivity contribution in [2.45, 2.75) is 13.2 Å². The highest BCUT2D eigenvalue weighted by Crippen LogP contribution is 2.31. The van der Waals surface area contributed by atoms with Gasteiger partial charge in [0.25, 0.3) is 0 Å². The van der Waals surface area contributed by atoms with E-state index < -0.39 is 0 Å². The van der Waals surface area contributed by atoms with E-state index in [4.69, 9.17) is 14.5 Å². The molecule has 0 aliphatic carbocycles. The number of nitrogens with zero attached hydrogens (tertiary/aromatic N) is 3. The van der Waals surface area contributed by atoms with Crippen molar-refractivity contribution in [1.29, 1.82) is 0 Å². The molecule has 0 saturated carbocycles. The molecule has 5 rings (SSSR count). The first-order valence-electron chi connectivity index (χ1n) is 11.6. The Labute approximate surface area is 195 Å². The SMILES string of the molecule is c1ccc(COc2ccc3c(c2)CN(NCCN2CCOCC2)C(c2ccccc2)=N3)cc1. The first-order chi connectivity index (χ1) is 16.3. The second kappa shape index (κ2) is 10.6. The fraction of sp³-hybridized carbons (Fsp3) is 0.296. The number of benzene rings is 3. The van der Waals surface area contributed by atoms with Crippen LogP contribution in [0.1, 0.15) is 16.7 Å². The van der Waals surface area contributed by atoms with Crippen LogP contribution in [0.3, 0.4) is 0 Å². The van der Waals surface area contributed by atoms with Gasteiger partial charge in [-0.1, -0.05) is 60.7 Å². The van der Waals surface area contributed by atoms with Crippen LogP contribution >= 0.6 is 0 Å². The Morgan fingerprint density at radius 3 is 2.45 bits per heavy atom. The van der Waals surface area contributed by atoms with Gasteiger partial charge in [0, 0.05) is 37.3 Å². The van der Waals surface area contributed by atoms with Gasteiger partial charge in [0.1, 0.15) is 12.4 Å². The Morgan fingerprint density at radius 1 is 0.909 bits per heavy atom. The van der Waals surface area contributed by atoms with Gasteiger partial charge in [0.2, 0.25) is 0 Å². The number of fused-ring (bicyclic) bond motifs is 1. The summed E-state index contributed by atoms with van der Waals surface area (Å²) in [5.74, 6) is 1.81. The molecule has 3 aromatic carbocycles. The van der Waals surface area contributed by atoms with Gasteiger partial charge >= 0.3 is 0 Å². The van der Waals surface area contributed by atoms with Crippen LogP contribution in [0.4, 0.5) is 5.69 Å². The third-order valence-corrected chi connectivity index (χ3v) is 5.98. The minimum Gasteiger partial charge on any atom is -0.489 e. The van der Waals surface area contributed by atoms with Crippen LogP contribution in [0.25, 0.3) is 0 Å². The van der Waals surface area contributed by atoms with Gasteiger partial charge in [-0.3, -0.25) is 9.91 Å². The Balaban J connectivity index is 1.31. The maximum Gasteiger partial charge on any atom is 0.151 e. The largest absolute Gasteiger partial charge is 0.489 e. The lowest BCUT2D eigenvalue weighted by atomic mass is 10.1. The Hall–Kier alpha value is -3.19. The first-order valence-corrected chi connectivity index (χ1v) is 11.6. The molecule has 170 valence electrons. The lowest BCUT2D eigenvalue weighted by molar-refractivity contribution is 0.0366. The normalized spacial score (nSPS) is 16.2. The van der Waals surface area contributed by atoms with Crippen LogP contribution in [0.2, 0.25) is 0 Å². The van der Waals surface area contributed by atoms with Crippen molar-refractivity contribution >= 4 is 11.5 Å². The Bertz CT molecular complexity index is 1070. The van der Waals surface area contributed by atoms with Crippen molar-refractivity contribution in [2.24, 2.45) is 4.99 Å². The summed E-state index contributed by atoms with van der Waals surface area (Å²) in [4.78, 5) is 7.45. The molecule has 6 nitrogen and oxygen atoms in total. The summed E-state index contributed by atoms with van der Waals surface area (Å²) in [6.07, 6.45) is 0. The molecule has 1 saturated heterocycles. The number of hydrogen-bond acceptors (Lipinski definition) is 6. The van der Waals surface area contributed by atoms with E-state index in [9.17, 15) is 0 Å². The number of ether oxygens (including phenoxy) is 2. The van der Waals surface area contributed by atoms with E-state index >= 15 is 0 Å². The molecule has 0 amide bonds. The predicted molar refractivity (Wildman–Crippen MR) is 131 cm³/mol. The maximum atomic E-state index is 6.06. The second-order valence-electron chi connectivity index (χ2n) is 8.31. The number of morpholine rings is 1. The molecule has 0 aromatic heterocycles. The monoisotopic (exact) mass is 442 g/mol. The molecule has 0 radical (unpaired) electrons. The molecule has 6 heteroatoms. The molecule has 33 heavy (non-hydrogen) atoms. The summed E-state index contributed by atoms with van der Waals surface area (Å²) in [7, 11) is 0. The van der Waals surface area contributed by atoms with Crippen LogP contribution in [0, 0.1) is 0 Å². The van der Waals surface area contributed by atoms with E-state index in [2.05, 4.69) is 63.9 Å². The molecular weight excluding hydrogens is 412 g/mol. The molecule has 2 aliphatic rings. The molecule has 0 spiro atoms. The average molecular weight is 443 g/mol. The minimum atomic E-state index is 0.555. The highest BCUT2D eigenvalue weighted by atomic mass is 16.5. The standard InChI is InChI=1S/C27H30N4O2/c1-3-7-22(8-4-1)21-33-25-11-12-26-24(19-25)20-31(27(29-26)23-9-5-2-6-10-23)28-13-14-30-15-17-32-18-16-30/h1-12,19,28H,13-18,20-21H2. The molecule has 1 fully saturated rings. The van der Waals surface area contributed by atoms with Gasteiger partial charge < -0.3 is 9.47 Å². The third-order valence-electron chi connectivity index (χ3n) is 5.98. The fourth-order valence-electron chi connectivity index (χ4n) is 4.15. The zero-order chi connectivity index (χ0) is 22.3. The van der Waals surface area contributed by atoms with Crippen LogP contribution in [-0.2, 0) is 17.9 Å². The molecule has 2 aliphatic heterocycles. The summed E-state index contributed by atoms with van der Waals surface area (Å²) in [6.45, 7) is 6.74. The molecular formula is C27H30N4O2. The van der Waals surface area contributed by atoms with Crippen LogP contribution < -0.4 is 10.2 Å². The Morgan fingerprint density at radius 2 is 1.67 bits per heavy atom. The number of amidine groups is 1. The summed E-state index contributed by atoms with van der Waals surface area (Å²) < 4.78 is 11.5. The number of nitrogens with one attached hydrogen (secondary N) is 1. The Kier molecular flexibility index (Phi) is 6.96. The molecule has 0 bridgehead atoms. The molecule has 2 heterocycles. The third kappa shape index (κ3) is 5.60. The van der Waals surface area contributed by atoms with Gasteiger partial charge in [-0.25, -0.2) is 10.4 Å². The van der Waals surface area contributed by atoms with Gasteiger partial charge in [-0.2, -0.15) is 0 Å². The molecule has 0 unspecified atom stereocenters. The van der Waals surface area contributed by atoms with E-state index in [-0.39, 0.29) is 0 Å². The van der Waals surface area contributed by atoms with Crippen LogP contribution in [0.15, 0.2) is 83.9 Å². The van der Waals surface area contributed by atoms with Gasteiger partial charge in [-0.05, 0) is 23.8 Å². The zero-order valence-electron chi connectivity index (χ0n) is 18.8. The first kappa shape index (κ1) is 21.6. The smallest absolute Gasteiger partial charge is 0.151 e. The highest BCUT2D eigenvalue weighted by Gasteiger charge is 2.22. The molecule has 1 N–H and O–H groups in total. The lowest BCUT2D eigenvalue weighted by Crippen LogP contribution is -2.48. The van der Waals surface area contributed by atoms with Gasteiger partial charge in [-0.15, -0.1) is 0 Å². The van der Waals surface area contributed by atoms with E-state index in [0.29, 0.717) is 6.61 Å². The number of rotatable bonds is 8. The van der Waals surface area contributed by atoms with E-state index in [1.54, 1.807) is 0 Å². The highest BCUT2D eigenvalue weighted by molar-refractivity contribution is 6.01. The van der Waals surface area contributed by atoms with E-state index in [1.165, 1.54) is 0 Å². The summed E-state index contributed by atoms with van der Waals surface area (Å²) in [5.41, 5.74) is 8.02. The molecule has 3 aromatic rings. The van der Waals surface area contributed by atoms with Crippen LogP contribution in [-0.4, -0.2) is 55.1 Å². The second-order valence-corrected chi connectivity index (χ2v) is 8.31. The maximum absolute atomic E-state index is 6.06. The van der Waals surface area contributed by atoms with Gasteiger partial charge in [0.15, 0.2) is 5.84 Å². The average Bonchev–Trinajstić information content (AvgIpc) is 2.89. The van der Waals surface area contributed by atoms with Gasteiger partial charge in [0.05, 0.1) is 25.4 Å². The minimum absolute atomic E-state index is 0.555. The number of hydrazine groups is 1. The predicted octanol–water partition coefficient (Wildman–Crippen LogP) is 4.00. The lowest BCUT2D eigenvalue weighted by Gasteiger charge is -2.33. The van der Waals surface area contributed by atoms with E-state index in [0.717, 1.165) is 79.9 Å². The quantitative estimate of drug-likeness (QED) is 0.572.